The van der Waals surface area contributed by atoms with Gasteiger partial charge in [-0.1, -0.05) is 12.1 Å². The minimum atomic E-state index is -0.445. The molecule has 1 aromatic carbocycles. The lowest BCUT2D eigenvalue weighted by molar-refractivity contribution is 0.0509. The molecule has 3 rings (SSSR count). The first-order valence-electron chi connectivity index (χ1n) is 9.41. The number of likely N-dealkylation sites (tertiary alicyclic amines) is 1. The summed E-state index contributed by atoms with van der Waals surface area (Å²) in [5.41, 5.74) is 1.79. The molecule has 0 unspecified atom stereocenters. The number of carbonyl (C=O) groups excluding carboxylic acids is 1. The summed E-state index contributed by atoms with van der Waals surface area (Å²) in [5, 5.41) is 2.90. The molecule has 1 aliphatic rings. The normalized spacial score (nSPS) is 16.8. The first kappa shape index (κ1) is 18.7. The number of fused-ring (bicyclic) bond motifs is 1. The average Bonchev–Trinajstić information content (AvgIpc) is 2.89. The molecular formula is C20H30N4O2. The van der Waals surface area contributed by atoms with Gasteiger partial charge in [0.25, 0.3) is 0 Å². The van der Waals surface area contributed by atoms with Crippen LogP contribution in [-0.2, 0) is 18.3 Å². The molecular weight excluding hydrogens is 328 g/mol. The average molecular weight is 358 g/mol. The molecule has 2 aromatic rings. The standard InChI is InChI=1S/C20H30N4O2/c1-20(2,3)26-19(25)21-13-15-9-11-24(12-10-15)14-18-22-16-7-5-6-8-17(16)23(18)4/h5-8,15H,9-14H2,1-4H3,(H,21,25). The number of benzene rings is 1. The Morgan fingerprint density at radius 2 is 1.96 bits per heavy atom. The third-order valence-electron chi connectivity index (χ3n) is 4.89. The van der Waals surface area contributed by atoms with Crippen LogP contribution in [0.5, 0.6) is 0 Å². The van der Waals surface area contributed by atoms with E-state index in [1.807, 2.05) is 26.8 Å². The van der Waals surface area contributed by atoms with E-state index in [0.29, 0.717) is 12.5 Å². The van der Waals surface area contributed by atoms with E-state index in [1.54, 1.807) is 0 Å². The summed E-state index contributed by atoms with van der Waals surface area (Å²) < 4.78 is 7.49. The number of para-hydroxylation sites is 2. The summed E-state index contributed by atoms with van der Waals surface area (Å²) in [4.78, 5) is 19.0. The predicted octanol–water partition coefficient (Wildman–Crippen LogP) is 3.31. The van der Waals surface area contributed by atoms with Gasteiger partial charge in [-0.2, -0.15) is 0 Å². The Morgan fingerprint density at radius 1 is 1.27 bits per heavy atom. The van der Waals surface area contributed by atoms with Crippen molar-refractivity contribution in [3.63, 3.8) is 0 Å². The Balaban J connectivity index is 1.46. The second-order valence-corrected chi connectivity index (χ2v) is 8.18. The van der Waals surface area contributed by atoms with Crippen LogP contribution in [0, 0.1) is 5.92 Å². The highest BCUT2D eigenvalue weighted by Gasteiger charge is 2.22. The molecule has 142 valence electrons. The minimum Gasteiger partial charge on any atom is -0.444 e. The quantitative estimate of drug-likeness (QED) is 0.911. The number of imidazole rings is 1. The fourth-order valence-electron chi connectivity index (χ4n) is 3.43. The molecule has 1 aliphatic heterocycles. The third kappa shape index (κ3) is 4.75. The zero-order valence-electron chi connectivity index (χ0n) is 16.3. The van der Waals surface area contributed by atoms with Crippen molar-refractivity contribution in [1.82, 2.24) is 19.8 Å². The highest BCUT2D eigenvalue weighted by Crippen LogP contribution is 2.20. The summed E-state index contributed by atoms with van der Waals surface area (Å²) in [5.74, 6) is 1.62. The van der Waals surface area contributed by atoms with E-state index < -0.39 is 5.60 Å². The number of nitrogens with one attached hydrogen (secondary N) is 1. The van der Waals surface area contributed by atoms with Crippen molar-refractivity contribution < 1.29 is 9.53 Å². The lowest BCUT2D eigenvalue weighted by Crippen LogP contribution is -2.40. The summed E-state index contributed by atoms with van der Waals surface area (Å²) in [7, 11) is 2.09. The minimum absolute atomic E-state index is 0.320. The van der Waals surface area contributed by atoms with Gasteiger partial charge in [-0.15, -0.1) is 0 Å². The van der Waals surface area contributed by atoms with E-state index in [4.69, 9.17) is 9.72 Å². The molecule has 26 heavy (non-hydrogen) atoms. The van der Waals surface area contributed by atoms with Gasteiger partial charge in [-0.05, 0) is 64.8 Å². The highest BCUT2D eigenvalue weighted by atomic mass is 16.6. The van der Waals surface area contributed by atoms with Gasteiger partial charge in [0.05, 0.1) is 17.6 Å². The van der Waals surface area contributed by atoms with E-state index in [0.717, 1.165) is 43.8 Å². The van der Waals surface area contributed by atoms with Crippen molar-refractivity contribution in [3.8, 4) is 0 Å². The maximum atomic E-state index is 11.8. The maximum absolute atomic E-state index is 11.8. The summed E-state index contributed by atoms with van der Waals surface area (Å²) >= 11 is 0. The zero-order valence-corrected chi connectivity index (χ0v) is 16.3. The first-order chi connectivity index (χ1) is 12.3. The topological polar surface area (TPSA) is 59.4 Å². The Morgan fingerprint density at radius 3 is 2.62 bits per heavy atom. The fraction of sp³-hybridized carbons (Fsp3) is 0.600. The fourth-order valence-corrected chi connectivity index (χ4v) is 3.43. The van der Waals surface area contributed by atoms with E-state index >= 15 is 0 Å². The van der Waals surface area contributed by atoms with Gasteiger partial charge in [0.2, 0.25) is 0 Å². The molecule has 0 spiro atoms. The Labute approximate surface area is 155 Å². The van der Waals surface area contributed by atoms with Crippen molar-refractivity contribution in [2.24, 2.45) is 13.0 Å². The van der Waals surface area contributed by atoms with Gasteiger partial charge in [0.1, 0.15) is 11.4 Å². The second-order valence-electron chi connectivity index (χ2n) is 8.18. The van der Waals surface area contributed by atoms with Crippen LogP contribution >= 0.6 is 0 Å². The number of hydrogen-bond donors (Lipinski definition) is 1. The number of hydrogen-bond acceptors (Lipinski definition) is 4. The van der Waals surface area contributed by atoms with Gasteiger partial charge in [-0.3, -0.25) is 4.90 Å². The number of aryl methyl sites for hydroxylation is 1. The number of aromatic nitrogens is 2. The first-order valence-corrected chi connectivity index (χ1v) is 9.41. The largest absolute Gasteiger partial charge is 0.444 e. The summed E-state index contributed by atoms with van der Waals surface area (Å²) in [6.07, 6.45) is 1.85. The Hall–Kier alpha value is -2.08. The number of nitrogens with zero attached hydrogens (tertiary/aromatic N) is 3. The highest BCUT2D eigenvalue weighted by molar-refractivity contribution is 5.75. The van der Waals surface area contributed by atoms with Crippen LogP contribution in [0.15, 0.2) is 24.3 Å². The van der Waals surface area contributed by atoms with Crippen LogP contribution in [-0.4, -0.2) is 45.8 Å². The molecule has 0 atom stereocenters. The molecule has 6 heteroatoms. The van der Waals surface area contributed by atoms with E-state index in [-0.39, 0.29) is 6.09 Å². The van der Waals surface area contributed by atoms with Crippen LogP contribution < -0.4 is 5.32 Å². The van der Waals surface area contributed by atoms with E-state index in [1.165, 1.54) is 5.52 Å². The van der Waals surface area contributed by atoms with Crippen molar-refractivity contribution in [2.75, 3.05) is 19.6 Å². The molecule has 1 aromatic heterocycles. The van der Waals surface area contributed by atoms with Crippen LogP contribution in [0.2, 0.25) is 0 Å². The van der Waals surface area contributed by atoms with E-state index in [2.05, 4.69) is 40.0 Å². The van der Waals surface area contributed by atoms with Crippen molar-refractivity contribution >= 4 is 17.1 Å². The van der Waals surface area contributed by atoms with Crippen molar-refractivity contribution in [2.45, 2.75) is 45.8 Å². The van der Waals surface area contributed by atoms with E-state index in [9.17, 15) is 4.79 Å². The lowest BCUT2D eigenvalue weighted by Gasteiger charge is -2.31. The van der Waals surface area contributed by atoms with Crippen LogP contribution in [0.3, 0.4) is 0 Å². The molecule has 6 nitrogen and oxygen atoms in total. The number of carbonyl (C=O) groups is 1. The zero-order chi connectivity index (χ0) is 18.7. The van der Waals surface area contributed by atoms with Gasteiger partial charge in [-0.25, -0.2) is 9.78 Å². The number of amides is 1. The Bertz CT molecular complexity index is 755. The number of piperidine rings is 1. The SMILES string of the molecule is Cn1c(CN2CCC(CNC(=O)OC(C)(C)C)CC2)nc2ccccc21. The molecule has 1 fully saturated rings. The van der Waals surface area contributed by atoms with Crippen molar-refractivity contribution in [3.05, 3.63) is 30.1 Å². The molecule has 0 saturated carbocycles. The molecule has 1 saturated heterocycles. The van der Waals surface area contributed by atoms with Crippen LogP contribution in [0.25, 0.3) is 11.0 Å². The second kappa shape index (κ2) is 7.66. The van der Waals surface area contributed by atoms with Gasteiger partial charge >= 0.3 is 6.09 Å². The molecule has 1 N–H and O–H groups in total. The van der Waals surface area contributed by atoms with Crippen LogP contribution in [0.4, 0.5) is 4.79 Å². The Kier molecular flexibility index (Phi) is 5.51. The number of alkyl carbamates (subject to hydrolysis) is 1. The monoisotopic (exact) mass is 358 g/mol. The smallest absolute Gasteiger partial charge is 0.407 e. The van der Waals surface area contributed by atoms with Gasteiger partial charge in [0, 0.05) is 13.6 Å². The maximum Gasteiger partial charge on any atom is 0.407 e. The molecule has 0 aliphatic carbocycles. The lowest BCUT2D eigenvalue weighted by atomic mass is 9.97. The molecule has 0 radical (unpaired) electrons. The number of ether oxygens (including phenoxy) is 1. The van der Waals surface area contributed by atoms with Gasteiger partial charge < -0.3 is 14.6 Å². The number of rotatable bonds is 4. The third-order valence-corrected chi connectivity index (χ3v) is 4.89. The summed E-state index contributed by atoms with van der Waals surface area (Å²) in [6.45, 7) is 9.27. The van der Waals surface area contributed by atoms with Crippen LogP contribution in [0.1, 0.15) is 39.4 Å². The molecule has 2 heterocycles. The van der Waals surface area contributed by atoms with Gasteiger partial charge in [0.15, 0.2) is 0 Å². The summed E-state index contributed by atoms with van der Waals surface area (Å²) in [6, 6.07) is 8.26. The predicted molar refractivity (Wildman–Crippen MR) is 103 cm³/mol. The molecule has 0 bridgehead atoms. The van der Waals surface area contributed by atoms with Crippen molar-refractivity contribution in [1.29, 1.82) is 0 Å². The molecule has 1 amide bonds.